The van der Waals surface area contributed by atoms with Crippen LogP contribution in [0.2, 0.25) is 5.02 Å². The van der Waals surface area contributed by atoms with Crippen molar-refractivity contribution in [2.24, 2.45) is 0 Å². The second-order valence-corrected chi connectivity index (χ2v) is 6.84. The minimum absolute atomic E-state index is 0.102. The van der Waals surface area contributed by atoms with Crippen LogP contribution in [0.3, 0.4) is 0 Å². The third kappa shape index (κ3) is 2.97. The van der Waals surface area contributed by atoms with Gasteiger partial charge in [-0.25, -0.2) is 9.29 Å². The molecule has 0 atom stereocenters. The zero-order valence-corrected chi connectivity index (χ0v) is 14.5. The van der Waals surface area contributed by atoms with E-state index >= 15 is 0 Å². The van der Waals surface area contributed by atoms with Gasteiger partial charge in [0.25, 0.3) is 11.1 Å². The Bertz CT molecular complexity index is 874. The van der Waals surface area contributed by atoms with Gasteiger partial charge in [-0.1, -0.05) is 35.4 Å². The Morgan fingerprint density at radius 2 is 1.92 bits per heavy atom. The number of amides is 2. The van der Waals surface area contributed by atoms with Crippen LogP contribution in [-0.2, 0) is 4.79 Å². The van der Waals surface area contributed by atoms with E-state index in [-0.39, 0.29) is 15.5 Å². The number of benzene rings is 2. The van der Waals surface area contributed by atoms with Crippen molar-refractivity contribution in [3.63, 3.8) is 0 Å². The number of carbonyl (C=O) groups is 2. The number of anilines is 1. The molecule has 1 aliphatic heterocycles. The van der Waals surface area contributed by atoms with Crippen LogP contribution in [0, 0.1) is 19.7 Å². The van der Waals surface area contributed by atoms with Crippen molar-refractivity contribution < 1.29 is 14.0 Å². The van der Waals surface area contributed by atoms with Crippen LogP contribution in [0.25, 0.3) is 6.08 Å². The van der Waals surface area contributed by atoms with Crippen LogP contribution in [0.4, 0.5) is 14.9 Å². The number of imide groups is 1. The highest BCUT2D eigenvalue weighted by Gasteiger charge is 2.37. The van der Waals surface area contributed by atoms with Gasteiger partial charge in [0.2, 0.25) is 0 Å². The molecule has 2 aromatic rings. The van der Waals surface area contributed by atoms with E-state index in [0.29, 0.717) is 5.69 Å². The number of thioether (sulfide) groups is 1. The summed E-state index contributed by atoms with van der Waals surface area (Å²) in [7, 11) is 0. The first kappa shape index (κ1) is 16.7. The van der Waals surface area contributed by atoms with Crippen LogP contribution in [-0.4, -0.2) is 11.1 Å². The SMILES string of the molecule is Cc1ccc(N2C(=O)S/C(=C\c3c(F)cccc3Cl)C2=O)c(C)c1. The molecule has 3 rings (SSSR count). The highest BCUT2D eigenvalue weighted by molar-refractivity contribution is 8.19. The van der Waals surface area contributed by atoms with Crippen molar-refractivity contribution in [2.45, 2.75) is 13.8 Å². The van der Waals surface area contributed by atoms with Crippen LogP contribution >= 0.6 is 23.4 Å². The van der Waals surface area contributed by atoms with Gasteiger partial charge < -0.3 is 0 Å². The fourth-order valence-electron chi connectivity index (χ4n) is 2.51. The number of hydrogen-bond acceptors (Lipinski definition) is 3. The molecular weight excluding hydrogens is 349 g/mol. The Labute approximate surface area is 148 Å². The normalized spacial score (nSPS) is 16.3. The lowest BCUT2D eigenvalue weighted by atomic mass is 10.1. The number of halogens is 2. The molecular formula is C18H13ClFNO2S. The lowest BCUT2D eigenvalue weighted by molar-refractivity contribution is -0.113. The Balaban J connectivity index is 2.02. The Kier molecular flexibility index (Phi) is 4.47. The molecule has 2 amide bonds. The average molecular weight is 362 g/mol. The molecule has 1 saturated heterocycles. The molecule has 3 nitrogen and oxygen atoms in total. The van der Waals surface area contributed by atoms with Crippen molar-refractivity contribution in [2.75, 3.05) is 4.90 Å². The van der Waals surface area contributed by atoms with E-state index in [1.54, 1.807) is 6.07 Å². The molecule has 1 aliphatic rings. The monoisotopic (exact) mass is 361 g/mol. The first-order chi connectivity index (χ1) is 11.4. The summed E-state index contributed by atoms with van der Waals surface area (Å²) in [4.78, 5) is 26.2. The second kappa shape index (κ2) is 6.42. The van der Waals surface area contributed by atoms with Gasteiger partial charge in [0.1, 0.15) is 5.82 Å². The maximum absolute atomic E-state index is 13.9. The summed E-state index contributed by atoms with van der Waals surface area (Å²) in [5.41, 5.74) is 2.50. The number of rotatable bonds is 2. The van der Waals surface area contributed by atoms with Gasteiger partial charge in [-0.05, 0) is 55.4 Å². The summed E-state index contributed by atoms with van der Waals surface area (Å²) in [5.74, 6) is -1.02. The quantitative estimate of drug-likeness (QED) is 0.678. The minimum atomic E-state index is -0.541. The van der Waals surface area contributed by atoms with Crippen LogP contribution in [0.5, 0.6) is 0 Å². The third-order valence-electron chi connectivity index (χ3n) is 3.66. The topological polar surface area (TPSA) is 37.4 Å². The average Bonchev–Trinajstić information content (AvgIpc) is 2.78. The zero-order chi connectivity index (χ0) is 17.4. The van der Waals surface area contributed by atoms with Gasteiger partial charge in [0.15, 0.2) is 0 Å². The van der Waals surface area contributed by atoms with Gasteiger partial charge in [-0.3, -0.25) is 9.59 Å². The van der Waals surface area contributed by atoms with Crippen LogP contribution in [0.15, 0.2) is 41.3 Å². The smallest absolute Gasteiger partial charge is 0.268 e. The molecule has 1 heterocycles. The first-order valence-corrected chi connectivity index (χ1v) is 8.37. The van der Waals surface area contributed by atoms with Gasteiger partial charge in [-0.2, -0.15) is 0 Å². The first-order valence-electron chi connectivity index (χ1n) is 7.17. The van der Waals surface area contributed by atoms with Gasteiger partial charge >= 0.3 is 0 Å². The van der Waals surface area contributed by atoms with E-state index in [1.165, 1.54) is 24.3 Å². The molecule has 0 unspecified atom stereocenters. The molecule has 0 spiro atoms. The Hall–Kier alpha value is -2.11. The standard InChI is InChI=1S/C18H13ClFNO2S/c1-10-6-7-15(11(2)8-10)21-17(22)16(24-18(21)23)9-12-13(19)4-3-5-14(12)20/h3-9H,1-2H3/b16-9-. The van der Waals surface area contributed by atoms with Gasteiger partial charge in [0, 0.05) is 5.56 Å². The fraction of sp³-hybridized carbons (Fsp3) is 0.111. The number of aryl methyl sites for hydroxylation is 2. The highest BCUT2D eigenvalue weighted by Crippen LogP contribution is 2.38. The maximum Gasteiger partial charge on any atom is 0.298 e. The lowest BCUT2D eigenvalue weighted by Gasteiger charge is -2.15. The summed E-state index contributed by atoms with van der Waals surface area (Å²) >= 11 is 6.76. The summed E-state index contributed by atoms with van der Waals surface area (Å²) in [6, 6.07) is 9.74. The van der Waals surface area contributed by atoms with Crippen molar-refractivity contribution in [1.82, 2.24) is 0 Å². The van der Waals surface area contributed by atoms with Crippen LogP contribution in [0.1, 0.15) is 16.7 Å². The zero-order valence-electron chi connectivity index (χ0n) is 13.0. The Morgan fingerprint density at radius 3 is 2.58 bits per heavy atom. The molecule has 2 aromatic carbocycles. The molecule has 24 heavy (non-hydrogen) atoms. The van der Waals surface area contributed by atoms with Gasteiger partial charge in [0.05, 0.1) is 15.6 Å². The fourth-order valence-corrected chi connectivity index (χ4v) is 3.54. The van der Waals surface area contributed by atoms with Crippen molar-refractivity contribution >= 4 is 46.3 Å². The molecule has 0 N–H and O–H groups in total. The molecule has 0 bridgehead atoms. The van der Waals surface area contributed by atoms with E-state index in [1.807, 2.05) is 26.0 Å². The van der Waals surface area contributed by atoms with E-state index in [4.69, 9.17) is 11.6 Å². The molecule has 122 valence electrons. The van der Waals surface area contributed by atoms with Crippen molar-refractivity contribution in [3.8, 4) is 0 Å². The second-order valence-electron chi connectivity index (χ2n) is 5.44. The molecule has 0 aromatic heterocycles. The molecule has 1 fully saturated rings. The van der Waals surface area contributed by atoms with E-state index < -0.39 is 17.0 Å². The van der Waals surface area contributed by atoms with Gasteiger partial charge in [-0.15, -0.1) is 0 Å². The summed E-state index contributed by atoms with van der Waals surface area (Å²) < 4.78 is 13.9. The molecule has 0 saturated carbocycles. The summed E-state index contributed by atoms with van der Waals surface area (Å²) in [5, 5.41) is -0.223. The number of hydrogen-bond donors (Lipinski definition) is 0. The molecule has 6 heteroatoms. The number of carbonyl (C=O) groups excluding carboxylic acids is 2. The predicted octanol–water partition coefficient (Wildman–Crippen LogP) is 5.34. The van der Waals surface area contributed by atoms with E-state index in [2.05, 4.69) is 0 Å². The lowest BCUT2D eigenvalue weighted by Crippen LogP contribution is -2.28. The highest BCUT2D eigenvalue weighted by atomic mass is 35.5. The predicted molar refractivity (Wildman–Crippen MR) is 95.8 cm³/mol. The largest absolute Gasteiger partial charge is 0.298 e. The molecule has 0 radical (unpaired) electrons. The van der Waals surface area contributed by atoms with Crippen molar-refractivity contribution in [1.29, 1.82) is 0 Å². The number of nitrogens with zero attached hydrogens (tertiary/aromatic N) is 1. The van der Waals surface area contributed by atoms with Crippen LogP contribution < -0.4 is 4.90 Å². The maximum atomic E-state index is 13.9. The summed E-state index contributed by atoms with van der Waals surface area (Å²) in [6.07, 6.45) is 1.33. The summed E-state index contributed by atoms with van der Waals surface area (Å²) in [6.45, 7) is 3.77. The third-order valence-corrected chi connectivity index (χ3v) is 4.86. The van der Waals surface area contributed by atoms with E-state index in [0.717, 1.165) is 27.8 Å². The Morgan fingerprint density at radius 1 is 1.17 bits per heavy atom. The minimum Gasteiger partial charge on any atom is -0.268 e. The van der Waals surface area contributed by atoms with E-state index in [9.17, 15) is 14.0 Å². The van der Waals surface area contributed by atoms with Crippen molar-refractivity contribution in [3.05, 3.63) is 68.8 Å². The molecule has 0 aliphatic carbocycles.